The number of hydrogen-bond donors (Lipinski definition) is 1. The van der Waals surface area contributed by atoms with Gasteiger partial charge in [0.2, 0.25) is 0 Å². The number of rotatable bonds is 6. The smallest absolute Gasteiger partial charge is 0.129 e. The first-order chi connectivity index (χ1) is 12.1. The first kappa shape index (κ1) is 17.3. The van der Waals surface area contributed by atoms with Gasteiger partial charge in [0.1, 0.15) is 5.75 Å². The maximum atomic E-state index is 6.17. The van der Waals surface area contributed by atoms with E-state index in [1.807, 2.05) is 62.5 Å². The van der Waals surface area contributed by atoms with Gasteiger partial charge in [0, 0.05) is 10.6 Å². The lowest BCUT2D eigenvalue weighted by Gasteiger charge is -2.14. The second kappa shape index (κ2) is 8.04. The molecule has 128 valence electrons. The average Bonchev–Trinajstić information content (AvgIpc) is 2.61. The quantitative estimate of drug-likeness (QED) is 0.475. The highest BCUT2D eigenvalue weighted by Crippen LogP contribution is 2.27. The van der Waals surface area contributed by atoms with Gasteiger partial charge in [0.25, 0.3) is 0 Å². The highest BCUT2D eigenvalue weighted by molar-refractivity contribution is 6.31. The fraction of sp³-hybridized carbons (Fsp3) is 0.190. The number of hydrazone groups is 1. The molecule has 0 aliphatic heterocycles. The summed E-state index contributed by atoms with van der Waals surface area (Å²) in [6.07, 6.45) is 1.92. The van der Waals surface area contributed by atoms with Crippen LogP contribution in [0.2, 0.25) is 5.02 Å². The molecule has 0 spiro atoms. The Labute approximate surface area is 153 Å². The van der Waals surface area contributed by atoms with Crippen molar-refractivity contribution in [2.45, 2.75) is 26.5 Å². The lowest BCUT2D eigenvalue weighted by atomic mass is 10.0. The summed E-state index contributed by atoms with van der Waals surface area (Å²) in [7, 11) is 0. The summed E-state index contributed by atoms with van der Waals surface area (Å²) < 4.78 is 5.95. The van der Waals surface area contributed by atoms with Crippen LogP contribution < -0.4 is 10.2 Å². The van der Waals surface area contributed by atoms with E-state index in [9.17, 15) is 0 Å². The van der Waals surface area contributed by atoms with Gasteiger partial charge in [-0.15, -0.1) is 0 Å². The van der Waals surface area contributed by atoms with Gasteiger partial charge in [-0.3, -0.25) is 0 Å². The second-order valence-electron chi connectivity index (χ2n) is 6.05. The van der Waals surface area contributed by atoms with Crippen LogP contribution in [0.5, 0.6) is 5.75 Å². The van der Waals surface area contributed by atoms with Gasteiger partial charge in [-0.2, -0.15) is 5.10 Å². The molecule has 0 aromatic heterocycles. The number of fused-ring (bicyclic) bond motifs is 1. The number of nitrogens with one attached hydrogen (secondary N) is 1. The van der Waals surface area contributed by atoms with Crippen molar-refractivity contribution in [1.82, 2.24) is 5.43 Å². The standard InChI is InChI=1S/C21H21ClN2O/c1-15(2)25-21-12-11-16-7-3-5-9-18(16)19(21)14-24-23-13-17-8-4-6-10-20(17)22/h3-12,14-15,23H,13H2,1-2H3/b24-14-. The van der Waals surface area contributed by atoms with Crippen LogP contribution in [-0.4, -0.2) is 12.3 Å². The zero-order chi connectivity index (χ0) is 17.6. The predicted molar refractivity (Wildman–Crippen MR) is 106 cm³/mol. The molecule has 1 N–H and O–H groups in total. The molecule has 0 aliphatic carbocycles. The molecule has 3 aromatic carbocycles. The zero-order valence-electron chi connectivity index (χ0n) is 14.4. The molecule has 0 amide bonds. The summed E-state index contributed by atoms with van der Waals surface area (Å²) in [5, 5.41) is 7.39. The van der Waals surface area contributed by atoms with Crippen molar-refractivity contribution in [3.8, 4) is 5.75 Å². The van der Waals surface area contributed by atoms with Gasteiger partial charge in [-0.25, -0.2) is 0 Å². The summed E-state index contributed by atoms with van der Waals surface area (Å²) >= 11 is 6.17. The molecule has 3 nitrogen and oxygen atoms in total. The number of hydrogen-bond acceptors (Lipinski definition) is 3. The SMILES string of the molecule is CC(C)Oc1ccc2ccccc2c1/C=N\NCc1ccccc1Cl. The fourth-order valence-corrected chi connectivity index (χ4v) is 2.85. The van der Waals surface area contributed by atoms with Crippen molar-refractivity contribution < 1.29 is 4.74 Å². The first-order valence-electron chi connectivity index (χ1n) is 8.33. The van der Waals surface area contributed by atoms with Gasteiger partial charge < -0.3 is 10.2 Å². The Morgan fingerprint density at radius 3 is 2.60 bits per heavy atom. The van der Waals surface area contributed by atoms with Gasteiger partial charge in [-0.1, -0.05) is 60.1 Å². The molecule has 0 fully saturated rings. The van der Waals surface area contributed by atoms with E-state index in [0.29, 0.717) is 6.54 Å². The van der Waals surface area contributed by atoms with Crippen molar-refractivity contribution >= 4 is 28.6 Å². The molecule has 0 bridgehead atoms. The van der Waals surface area contributed by atoms with E-state index in [2.05, 4.69) is 28.7 Å². The lowest BCUT2D eigenvalue weighted by molar-refractivity contribution is 0.242. The van der Waals surface area contributed by atoms with Gasteiger partial charge >= 0.3 is 0 Å². The molecule has 3 rings (SSSR count). The maximum absolute atomic E-state index is 6.17. The van der Waals surface area contributed by atoms with E-state index in [-0.39, 0.29) is 6.10 Å². The summed E-state index contributed by atoms with van der Waals surface area (Å²) in [5.74, 6) is 0.831. The van der Waals surface area contributed by atoms with Gasteiger partial charge in [0.15, 0.2) is 0 Å². The van der Waals surface area contributed by atoms with Crippen LogP contribution in [0.25, 0.3) is 10.8 Å². The Morgan fingerprint density at radius 2 is 1.80 bits per heavy atom. The number of ether oxygens (including phenoxy) is 1. The maximum Gasteiger partial charge on any atom is 0.129 e. The Hall–Kier alpha value is -2.52. The summed E-state index contributed by atoms with van der Waals surface area (Å²) in [6.45, 7) is 4.61. The highest BCUT2D eigenvalue weighted by atomic mass is 35.5. The molecule has 3 aromatic rings. The minimum atomic E-state index is 0.101. The molecular weight excluding hydrogens is 332 g/mol. The Kier molecular flexibility index (Phi) is 5.56. The van der Waals surface area contributed by atoms with Crippen molar-refractivity contribution in [3.63, 3.8) is 0 Å². The van der Waals surface area contributed by atoms with Crippen LogP contribution in [0, 0.1) is 0 Å². The van der Waals surface area contributed by atoms with Gasteiger partial charge in [-0.05, 0) is 42.3 Å². The third-order valence-electron chi connectivity index (χ3n) is 3.81. The molecule has 0 saturated heterocycles. The normalized spacial score (nSPS) is 11.4. The minimum absolute atomic E-state index is 0.101. The van der Waals surface area contributed by atoms with Crippen molar-refractivity contribution in [1.29, 1.82) is 0 Å². The summed E-state index contributed by atoms with van der Waals surface area (Å²) in [6, 6.07) is 20.0. The molecule has 0 saturated carbocycles. The van der Waals surface area contributed by atoms with E-state index >= 15 is 0 Å². The third-order valence-corrected chi connectivity index (χ3v) is 4.17. The topological polar surface area (TPSA) is 33.6 Å². The average molecular weight is 353 g/mol. The van der Waals surface area contributed by atoms with Crippen LogP contribution in [0.15, 0.2) is 65.8 Å². The molecule has 25 heavy (non-hydrogen) atoms. The monoisotopic (exact) mass is 352 g/mol. The Bertz CT molecular complexity index is 890. The number of halogens is 1. The van der Waals surface area contributed by atoms with Crippen LogP contribution in [-0.2, 0) is 6.54 Å². The zero-order valence-corrected chi connectivity index (χ0v) is 15.1. The van der Waals surface area contributed by atoms with E-state index in [0.717, 1.165) is 32.7 Å². The second-order valence-corrected chi connectivity index (χ2v) is 6.46. The van der Waals surface area contributed by atoms with Crippen molar-refractivity contribution in [3.05, 3.63) is 76.8 Å². The molecule has 0 radical (unpaired) electrons. The van der Waals surface area contributed by atoms with Crippen LogP contribution in [0.4, 0.5) is 0 Å². The molecule has 4 heteroatoms. The predicted octanol–water partition coefficient (Wildman–Crippen LogP) is 5.40. The number of nitrogens with zero attached hydrogens (tertiary/aromatic N) is 1. The molecular formula is C21H21ClN2O. The molecule has 0 heterocycles. The minimum Gasteiger partial charge on any atom is -0.490 e. The summed E-state index contributed by atoms with van der Waals surface area (Å²) in [4.78, 5) is 0. The van der Waals surface area contributed by atoms with Crippen molar-refractivity contribution in [2.75, 3.05) is 0 Å². The molecule has 0 aliphatic rings. The van der Waals surface area contributed by atoms with Crippen molar-refractivity contribution in [2.24, 2.45) is 5.10 Å². The third kappa shape index (κ3) is 4.31. The molecule has 0 atom stereocenters. The fourth-order valence-electron chi connectivity index (χ4n) is 2.65. The van der Waals surface area contributed by atoms with E-state index in [1.54, 1.807) is 0 Å². The van der Waals surface area contributed by atoms with Crippen LogP contribution >= 0.6 is 11.6 Å². The summed E-state index contributed by atoms with van der Waals surface area (Å²) in [5.41, 5.74) is 5.05. The van der Waals surface area contributed by atoms with E-state index in [1.165, 1.54) is 0 Å². The lowest BCUT2D eigenvalue weighted by Crippen LogP contribution is -2.09. The molecule has 0 unspecified atom stereocenters. The number of benzene rings is 3. The largest absolute Gasteiger partial charge is 0.490 e. The van der Waals surface area contributed by atoms with Crippen LogP contribution in [0.3, 0.4) is 0 Å². The Morgan fingerprint density at radius 1 is 1.04 bits per heavy atom. The highest BCUT2D eigenvalue weighted by Gasteiger charge is 2.08. The van der Waals surface area contributed by atoms with Gasteiger partial charge in [0.05, 0.1) is 18.9 Å². The van der Waals surface area contributed by atoms with Crippen LogP contribution in [0.1, 0.15) is 25.0 Å². The van der Waals surface area contributed by atoms with E-state index in [4.69, 9.17) is 16.3 Å². The first-order valence-corrected chi connectivity index (χ1v) is 8.70. The Balaban J connectivity index is 1.84. The van der Waals surface area contributed by atoms with E-state index < -0.39 is 0 Å².